The number of ether oxygens (including phenoxy) is 1. The van der Waals surface area contributed by atoms with Crippen molar-refractivity contribution in [2.24, 2.45) is 0 Å². The van der Waals surface area contributed by atoms with Crippen LogP contribution in [0.5, 0.6) is 0 Å². The summed E-state index contributed by atoms with van der Waals surface area (Å²) in [5, 5.41) is 11.0. The Morgan fingerprint density at radius 1 is 1.23 bits per heavy atom. The summed E-state index contributed by atoms with van der Waals surface area (Å²) in [4.78, 5) is 16.4. The summed E-state index contributed by atoms with van der Waals surface area (Å²) in [5.74, 6) is -0.256. The third kappa shape index (κ3) is 3.51. The molecule has 1 atom stereocenters. The lowest BCUT2D eigenvalue weighted by molar-refractivity contribution is -0.00177. The molecule has 1 aliphatic rings. The number of nitrogens with one attached hydrogen (secondary N) is 1. The zero-order valence-corrected chi connectivity index (χ0v) is 15.4. The van der Waals surface area contributed by atoms with E-state index in [0.717, 1.165) is 15.6 Å². The number of halogens is 1. The minimum Gasteiger partial charge on any atom is -0.365 e. The largest absolute Gasteiger partial charge is 0.365 e. The summed E-state index contributed by atoms with van der Waals surface area (Å²) in [6, 6.07) is 11.7. The fourth-order valence-electron chi connectivity index (χ4n) is 2.83. The van der Waals surface area contributed by atoms with E-state index in [1.807, 2.05) is 36.4 Å². The Balaban J connectivity index is 1.45. The maximum atomic E-state index is 12.4. The van der Waals surface area contributed by atoms with Crippen molar-refractivity contribution >= 4 is 21.8 Å². The van der Waals surface area contributed by atoms with Crippen LogP contribution in [0.25, 0.3) is 0 Å². The summed E-state index contributed by atoms with van der Waals surface area (Å²) in [6.45, 7) is 1.24. The van der Waals surface area contributed by atoms with Crippen molar-refractivity contribution in [1.29, 1.82) is 0 Å². The number of carbonyl (C=O) groups is 1. The van der Waals surface area contributed by atoms with Gasteiger partial charge in [-0.15, -0.1) is 5.10 Å². The molecule has 4 rings (SSSR count). The van der Waals surface area contributed by atoms with Gasteiger partial charge in [-0.3, -0.25) is 9.78 Å². The van der Waals surface area contributed by atoms with Gasteiger partial charge in [0.15, 0.2) is 5.69 Å². The van der Waals surface area contributed by atoms with Gasteiger partial charge in [0.2, 0.25) is 0 Å². The Bertz CT molecular complexity index is 911. The summed E-state index contributed by atoms with van der Waals surface area (Å²) in [7, 11) is 0. The van der Waals surface area contributed by atoms with Crippen LogP contribution in [0.4, 0.5) is 0 Å². The van der Waals surface area contributed by atoms with Crippen molar-refractivity contribution < 1.29 is 9.53 Å². The van der Waals surface area contributed by atoms with Crippen LogP contribution in [0.3, 0.4) is 0 Å². The second-order valence-corrected chi connectivity index (χ2v) is 6.87. The molecule has 7 nitrogen and oxygen atoms in total. The van der Waals surface area contributed by atoms with Crippen molar-refractivity contribution in [3.05, 3.63) is 75.8 Å². The fraction of sp³-hybridized carbons (Fsp3) is 0.222. The van der Waals surface area contributed by atoms with E-state index in [1.165, 1.54) is 0 Å². The predicted molar refractivity (Wildman–Crippen MR) is 97.1 cm³/mol. The van der Waals surface area contributed by atoms with Crippen LogP contribution in [-0.4, -0.2) is 25.9 Å². The Morgan fingerprint density at radius 2 is 2.00 bits per heavy atom. The molecule has 0 unspecified atom stereocenters. The van der Waals surface area contributed by atoms with Crippen LogP contribution >= 0.6 is 15.9 Å². The van der Waals surface area contributed by atoms with Gasteiger partial charge in [-0.05, 0) is 35.4 Å². The lowest BCUT2D eigenvalue weighted by atomic mass is 10.1. The molecule has 0 saturated heterocycles. The number of amides is 1. The van der Waals surface area contributed by atoms with Crippen LogP contribution in [0.2, 0.25) is 0 Å². The number of benzene rings is 1. The van der Waals surface area contributed by atoms with Gasteiger partial charge >= 0.3 is 0 Å². The van der Waals surface area contributed by atoms with Crippen LogP contribution in [0.1, 0.15) is 33.4 Å². The quantitative estimate of drug-likeness (QED) is 0.710. The summed E-state index contributed by atoms with van der Waals surface area (Å²) in [6.07, 6.45) is 3.28. The van der Waals surface area contributed by atoms with Crippen LogP contribution in [0.15, 0.2) is 53.3 Å². The Hall–Kier alpha value is -2.58. The smallest absolute Gasteiger partial charge is 0.274 e. The van der Waals surface area contributed by atoms with Crippen molar-refractivity contribution in [1.82, 2.24) is 25.3 Å². The van der Waals surface area contributed by atoms with Crippen molar-refractivity contribution in [2.75, 3.05) is 0 Å². The summed E-state index contributed by atoms with van der Waals surface area (Å²) >= 11 is 3.43. The molecule has 0 radical (unpaired) electrons. The number of aromatic nitrogens is 4. The second kappa shape index (κ2) is 7.35. The molecule has 1 aliphatic heterocycles. The van der Waals surface area contributed by atoms with Crippen molar-refractivity contribution in [3.63, 3.8) is 0 Å². The predicted octanol–water partition coefficient (Wildman–Crippen LogP) is 2.64. The first-order chi connectivity index (χ1) is 12.7. The molecule has 3 aromatic rings. The van der Waals surface area contributed by atoms with Gasteiger partial charge in [0.25, 0.3) is 5.91 Å². The Labute approximate surface area is 158 Å². The first-order valence-electron chi connectivity index (χ1n) is 8.17. The third-order valence-electron chi connectivity index (χ3n) is 4.26. The van der Waals surface area contributed by atoms with Gasteiger partial charge in [-0.25, -0.2) is 4.68 Å². The van der Waals surface area contributed by atoms with E-state index in [2.05, 4.69) is 36.5 Å². The highest BCUT2D eigenvalue weighted by Crippen LogP contribution is 2.27. The molecule has 0 aliphatic carbocycles. The fourth-order valence-corrected chi connectivity index (χ4v) is 3.10. The maximum Gasteiger partial charge on any atom is 0.274 e. The molecule has 1 amide bonds. The van der Waals surface area contributed by atoms with E-state index in [9.17, 15) is 4.79 Å². The van der Waals surface area contributed by atoms with E-state index in [0.29, 0.717) is 31.1 Å². The molecular formula is C18H16BrN5O2. The van der Waals surface area contributed by atoms with Gasteiger partial charge in [-0.2, -0.15) is 0 Å². The summed E-state index contributed by atoms with van der Waals surface area (Å²) < 4.78 is 8.71. The van der Waals surface area contributed by atoms with E-state index in [1.54, 1.807) is 17.1 Å². The number of carbonyl (C=O) groups excluding carboxylic acids is 1. The molecule has 0 fully saturated rings. The minimum absolute atomic E-state index is 0.106. The molecule has 2 aromatic heterocycles. The van der Waals surface area contributed by atoms with Crippen LogP contribution in [0, 0.1) is 0 Å². The minimum atomic E-state index is -0.256. The average molecular weight is 414 g/mol. The zero-order chi connectivity index (χ0) is 17.9. The van der Waals surface area contributed by atoms with E-state index in [4.69, 9.17) is 4.74 Å². The lowest BCUT2D eigenvalue weighted by Crippen LogP contribution is -2.27. The van der Waals surface area contributed by atoms with Crippen LogP contribution in [-0.2, 0) is 24.4 Å². The lowest BCUT2D eigenvalue weighted by Gasteiger charge is -2.24. The van der Waals surface area contributed by atoms with Gasteiger partial charge in [0, 0.05) is 23.4 Å². The zero-order valence-electron chi connectivity index (χ0n) is 13.8. The topological polar surface area (TPSA) is 81.9 Å². The molecule has 1 aromatic carbocycles. The van der Waals surface area contributed by atoms with Crippen LogP contribution < -0.4 is 5.32 Å². The molecule has 0 saturated carbocycles. The number of fused-ring (bicyclic) bond motifs is 1. The third-order valence-corrected chi connectivity index (χ3v) is 4.79. The van der Waals surface area contributed by atoms with Gasteiger partial charge in [0.1, 0.15) is 6.10 Å². The highest BCUT2D eigenvalue weighted by atomic mass is 79.9. The van der Waals surface area contributed by atoms with E-state index in [-0.39, 0.29) is 12.0 Å². The average Bonchev–Trinajstić information content (AvgIpc) is 3.11. The normalized spacial score (nSPS) is 16.1. The molecular weight excluding hydrogens is 398 g/mol. The highest BCUT2D eigenvalue weighted by Gasteiger charge is 2.27. The monoisotopic (exact) mass is 413 g/mol. The number of hydrogen-bond acceptors (Lipinski definition) is 5. The number of rotatable bonds is 4. The van der Waals surface area contributed by atoms with Crippen molar-refractivity contribution in [3.8, 4) is 0 Å². The molecule has 0 spiro atoms. The van der Waals surface area contributed by atoms with Gasteiger partial charge in [-0.1, -0.05) is 33.3 Å². The van der Waals surface area contributed by atoms with Crippen molar-refractivity contribution in [2.45, 2.75) is 25.8 Å². The Morgan fingerprint density at radius 3 is 2.77 bits per heavy atom. The molecule has 1 N–H and O–H groups in total. The molecule has 26 heavy (non-hydrogen) atoms. The number of hydrogen-bond donors (Lipinski definition) is 1. The highest BCUT2D eigenvalue weighted by molar-refractivity contribution is 9.10. The summed E-state index contributed by atoms with van der Waals surface area (Å²) in [5.41, 5.74) is 3.05. The maximum absolute atomic E-state index is 12.4. The SMILES string of the molecule is O=C(NCc1ccncc1)c1nnn2c1CO[C@@H](c1ccc(Br)cc1)C2. The standard InChI is InChI=1S/C18H16BrN5O2/c19-14-3-1-13(2-4-14)16-10-24-15(11-26-16)17(22-23-24)18(25)21-9-12-5-7-20-8-6-12/h1-8,16H,9-11H2,(H,21,25)/t16-/m1/s1. The molecule has 0 bridgehead atoms. The number of pyridine rings is 1. The van der Waals surface area contributed by atoms with Gasteiger partial charge in [0.05, 0.1) is 18.8 Å². The molecule has 8 heteroatoms. The van der Waals surface area contributed by atoms with E-state index < -0.39 is 0 Å². The Kier molecular flexibility index (Phi) is 4.77. The molecule has 132 valence electrons. The second-order valence-electron chi connectivity index (χ2n) is 5.96. The number of nitrogens with zero attached hydrogens (tertiary/aromatic N) is 4. The molecule has 3 heterocycles. The first-order valence-corrected chi connectivity index (χ1v) is 8.96. The van der Waals surface area contributed by atoms with Gasteiger partial charge < -0.3 is 10.1 Å². The first kappa shape index (κ1) is 16.9. The van der Waals surface area contributed by atoms with E-state index >= 15 is 0 Å².